The molecule has 0 radical (unpaired) electrons. The number of likely N-dealkylation sites (N-methyl/N-ethyl adjacent to an activating group) is 1. The predicted octanol–water partition coefficient (Wildman–Crippen LogP) is 2.83. The van der Waals surface area contributed by atoms with Crippen molar-refractivity contribution in [2.24, 2.45) is 5.92 Å². The molecule has 4 rings (SSSR count). The van der Waals surface area contributed by atoms with Crippen molar-refractivity contribution in [2.75, 3.05) is 46.3 Å². The maximum atomic E-state index is 14.0. The summed E-state index contributed by atoms with van der Waals surface area (Å²) in [4.78, 5) is 31.3. The number of amides is 2. The number of alkyl halides is 3. The Morgan fingerprint density at radius 3 is 2.12 bits per heavy atom. The number of carbonyl (C=O) groups excluding carboxylic acids is 2. The Labute approximate surface area is 190 Å². The zero-order chi connectivity index (χ0) is 23.8. The summed E-state index contributed by atoms with van der Waals surface area (Å²) < 4.78 is 42.6. The first-order chi connectivity index (χ1) is 15.6. The fourth-order valence-electron chi connectivity index (χ4n) is 4.44. The van der Waals surface area contributed by atoms with Crippen LogP contribution in [-0.4, -0.2) is 82.6 Å². The van der Waals surface area contributed by atoms with Crippen LogP contribution >= 0.6 is 0 Å². The molecule has 178 valence electrons. The molecule has 10 heteroatoms. The fraction of sp³-hybridized carbons (Fsp3) is 0.522. The van der Waals surface area contributed by atoms with Crippen molar-refractivity contribution in [1.29, 1.82) is 0 Å². The molecule has 2 saturated heterocycles. The van der Waals surface area contributed by atoms with E-state index in [4.69, 9.17) is 0 Å². The number of halogens is 3. The molecule has 0 unspecified atom stereocenters. The Balaban J connectivity index is 1.48. The molecule has 2 amide bonds. The maximum Gasteiger partial charge on any atom is 0.434 e. The first-order valence-corrected chi connectivity index (χ1v) is 11.1. The molecule has 0 spiro atoms. The highest BCUT2D eigenvalue weighted by atomic mass is 19.4. The lowest BCUT2D eigenvalue weighted by Gasteiger charge is -2.37. The Hall–Kier alpha value is -2.88. The van der Waals surface area contributed by atoms with Crippen LogP contribution in [0.5, 0.6) is 0 Å². The van der Waals surface area contributed by atoms with Crippen molar-refractivity contribution in [3.8, 4) is 5.69 Å². The molecule has 2 aliphatic rings. The fourth-order valence-corrected chi connectivity index (χ4v) is 4.44. The molecule has 1 aromatic carbocycles. The second-order valence-electron chi connectivity index (χ2n) is 8.85. The Morgan fingerprint density at radius 2 is 1.55 bits per heavy atom. The van der Waals surface area contributed by atoms with Crippen LogP contribution in [0.15, 0.2) is 30.5 Å². The summed E-state index contributed by atoms with van der Waals surface area (Å²) in [7, 11) is 2.02. The number of likely N-dealkylation sites (tertiary alicyclic amines) is 1. The zero-order valence-corrected chi connectivity index (χ0v) is 18.8. The van der Waals surface area contributed by atoms with Crippen LogP contribution in [0.1, 0.15) is 34.5 Å². The maximum absolute atomic E-state index is 14.0. The lowest BCUT2D eigenvalue weighted by molar-refractivity contribution is -0.143. The van der Waals surface area contributed by atoms with E-state index in [1.165, 1.54) is 4.90 Å². The number of rotatable bonds is 3. The van der Waals surface area contributed by atoms with Gasteiger partial charge in [-0.15, -0.1) is 0 Å². The Bertz CT molecular complexity index is 1000. The molecular formula is C23H28F3N5O2. The van der Waals surface area contributed by atoms with Crippen LogP contribution in [0.3, 0.4) is 0 Å². The van der Waals surface area contributed by atoms with Crippen molar-refractivity contribution in [2.45, 2.75) is 25.9 Å². The number of piperazine rings is 1. The van der Waals surface area contributed by atoms with E-state index in [2.05, 4.69) is 10.00 Å². The molecule has 33 heavy (non-hydrogen) atoms. The van der Waals surface area contributed by atoms with E-state index in [9.17, 15) is 22.8 Å². The van der Waals surface area contributed by atoms with Crippen molar-refractivity contribution in [3.05, 3.63) is 47.3 Å². The molecule has 0 bridgehead atoms. The summed E-state index contributed by atoms with van der Waals surface area (Å²) >= 11 is 0. The van der Waals surface area contributed by atoms with Crippen LogP contribution in [-0.2, 0) is 11.0 Å². The van der Waals surface area contributed by atoms with Crippen LogP contribution < -0.4 is 0 Å². The van der Waals surface area contributed by atoms with Gasteiger partial charge in [0.25, 0.3) is 5.91 Å². The second kappa shape index (κ2) is 9.17. The summed E-state index contributed by atoms with van der Waals surface area (Å²) in [6.45, 7) is 5.35. The quantitative estimate of drug-likeness (QED) is 0.703. The van der Waals surface area contributed by atoms with Gasteiger partial charge in [0.1, 0.15) is 0 Å². The summed E-state index contributed by atoms with van der Waals surface area (Å²) in [5, 5.41) is 3.89. The molecule has 2 aromatic rings. The first-order valence-electron chi connectivity index (χ1n) is 11.1. The van der Waals surface area contributed by atoms with Gasteiger partial charge in [-0.2, -0.15) is 18.3 Å². The van der Waals surface area contributed by atoms with E-state index >= 15 is 0 Å². The van der Waals surface area contributed by atoms with Crippen molar-refractivity contribution < 1.29 is 22.8 Å². The van der Waals surface area contributed by atoms with E-state index in [0.29, 0.717) is 25.9 Å². The van der Waals surface area contributed by atoms with Gasteiger partial charge < -0.3 is 14.7 Å². The number of hydrogen-bond donors (Lipinski definition) is 0. The van der Waals surface area contributed by atoms with Gasteiger partial charge in [0, 0.05) is 45.2 Å². The van der Waals surface area contributed by atoms with Gasteiger partial charge in [0.05, 0.1) is 17.4 Å². The first kappa shape index (κ1) is 23.3. The van der Waals surface area contributed by atoms with E-state index in [1.54, 1.807) is 24.3 Å². The van der Waals surface area contributed by atoms with Gasteiger partial charge in [0.15, 0.2) is 5.69 Å². The summed E-state index contributed by atoms with van der Waals surface area (Å²) in [6, 6.07) is 6.48. The molecule has 7 nitrogen and oxygen atoms in total. The van der Waals surface area contributed by atoms with Gasteiger partial charge in [-0.1, -0.05) is 17.7 Å². The van der Waals surface area contributed by atoms with E-state index < -0.39 is 23.3 Å². The van der Waals surface area contributed by atoms with Crippen molar-refractivity contribution in [3.63, 3.8) is 0 Å². The third-order valence-corrected chi connectivity index (χ3v) is 6.49. The monoisotopic (exact) mass is 463 g/mol. The Kier molecular flexibility index (Phi) is 6.47. The standard InChI is InChI=1S/C23H28F3N5O2/c1-16-3-5-18(6-4-16)31-20(23(24,25)26)19(15-27-31)22(33)29-9-7-17(8-10-29)21(32)30-13-11-28(2)12-14-30/h3-6,15,17H,7-14H2,1-2H3. The molecule has 3 heterocycles. The predicted molar refractivity (Wildman–Crippen MR) is 116 cm³/mol. The van der Waals surface area contributed by atoms with Gasteiger partial charge in [-0.25, -0.2) is 4.68 Å². The van der Waals surface area contributed by atoms with E-state index in [0.717, 1.165) is 29.5 Å². The van der Waals surface area contributed by atoms with Gasteiger partial charge in [-0.3, -0.25) is 9.59 Å². The largest absolute Gasteiger partial charge is 0.434 e. The number of benzene rings is 1. The van der Waals surface area contributed by atoms with Gasteiger partial charge in [0.2, 0.25) is 5.91 Å². The third kappa shape index (κ3) is 4.90. The number of aryl methyl sites for hydroxylation is 1. The molecule has 0 saturated carbocycles. The van der Waals surface area contributed by atoms with Crippen LogP contribution in [0.4, 0.5) is 13.2 Å². The highest BCUT2D eigenvalue weighted by Crippen LogP contribution is 2.35. The van der Waals surface area contributed by atoms with Gasteiger partial charge in [-0.05, 0) is 38.9 Å². The molecule has 2 fully saturated rings. The lowest BCUT2D eigenvalue weighted by Crippen LogP contribution is -2.51. The average molecular weight is 464 g/mol. The summed E-state index contributed by atoms with van der Waals surface area (Å²) in [5.74, 6) is -0.820. The molecular weight excluding hydrogens is 435 g/mol. The van der Waals surface area contributed by atoms with E-state index in [-0.39, 0.29) is 30.6 Å². The molecule has 0 N–H and O–H groups in total. The molecule has 1 aromatic heterocycles. The highest BCUT2D eigenvalue weighted by molar-refractivity contribution is 5.95. The minimum absolute atomic E-state index is 0.0818. The van der Waals surface area contributed by atoms with E-state index in [1.807, 2.05) is 18.9 Å². The Morgan fingerprint density at radius 1 is 0.939 bits per heavy atom. The number of hydrogen-bond acceptors (Lipinski definition) is 4. The normalized spacial score (nSPS) is 18.6. The smallest absolute Gasteiger partial charge is 0.340 e. The lowest BCUT2D eigenvalue weighted by atomic mass is 9.94. The van der Waals surface area contributed by atoms with Gasteiger partial charge >= 0.3 is 6.18 Å². The number of nitrogens with zero attached hydrogens (tertiary/aromatic N) is 5. The number of aromatic nitrogens is 2. The summed E-state index contributed by atoms with van der Waals surface area (Å²) in [5.41, 5.74) is -0.396. The molecule has 0 aliphatic carbocycles. The third-order valence-electron chi connectivity index (χ3n) is 6.49. The number of piperidine rings is 1. The minimum atomic E-state index is -4.75. The second-order valence-corrected chi connectivity index (χ2v) is 8.85. The van der Waals surface area contributed by atoms with Crippen molar-refractivity contribution >= 4 is 11.8 Å². The zero-order valence-electron chi connectivity index (χ0n) is 18.8. The average Bonchev–Trinajstić information content (AvgIpc) is 3.25. The number of carbonyl (C=O) groups is 2. The molecule has 0 atom stereocenters. The van der Waals surface area contributed by atoms with Crippen LogP contribution in [0, 0.1) is 12.8 Å². The van der Waals surface area contributed by atoms with Crippen LogP contribution in [0.2, 0.25) is 0 Å². The highest BCUT2D eigenvalue weighted by Gasteiger charge is 2.42. The van der Waals surface area contributed by atoms with Crippen molar-refractivity contribution in [1.82, 2.24) is 24.5 Å². The summed E-state index contributed by atoms with van der Waals surface area (Å²) in [6.07, 6.45) is -2.86. The van der Waals surface area contributed by atoms with Crippen LogP contribution in [0.25, 0.3) is 5.69 Å². The topological polar surface area (TPSA) is 61.7 Å². The SMILES string of the molecule is Cc1ccc(-n2ncc(C(=O)N3CCC(C(=O)N4CCN(C)CC4)CC3)c2C(F)(F)F)cc1. The molecule has 2 aliphatic heterocycles. The minimum Gasteiger partial charge on any atom is -0.340 e.